The second-order valence-corrected chi connectivity index (χ2v) is 2.82. The summed E-state index contributed by atoms with van der Waals surface area (Å²) in [7, 11) is 2.09. The number of hydrogen-bond acceptors (Lipinski definition) is 2. The summed E-state index contributed by atoms with van der Waals surface area (Å²) < 4.78 is 5.52. The van der Waals surface area contributed by atoms with Crippen LogP contribution in [-0.2, 0) is 4.74 Å². The van der Waals surface area contributed by atoms with Gasteiger partial charge in [-0.15, -0.1) is 0 Å². The van der Waals surface area contributed by atoms with Crippen LogP contribution >= 0.6 is 0 Å². The van der Waals surface area contributed by atoms with Crippen LogP contribution in [0.3, 0.4) is 0 Å². The topological polar surface area (TPSA) is 12.5 Å². The average molecular weight is 129 g/mol. The Hall–Kier alpha value is -0.0800. The molecule has 0 spiro atoms. The van der Waals surface area contributed by atoms with Gasteiger partial charge in [0.2, 0.25) is 0 Å². The van der Waals surface area contributed by atoms with Gasteiger partial charge in [0, 0.05) is 6.54 Å². The molecule has 0 amide bonds. The van der Waals surface area contributed by atoms with E-state index in [1.807, 2.05) is 0 Å². The fraction of sp³-hybridized carbons (Fsp3) is 1.00. The second-order valence-electron chi connectivity index (χ2n) is 2.82. The van der Waals surface area contributed by atoms with Crippen molar-refractivity contribution in [2.45, 2.75) is 32.6 Å². The number of nitrogens with zero attached hydrogens (tertiary/aromatic N) is 1. The zero-order chi connectivity index (χ0) is 6.85. The van der Waals surface area contributed by atoms with Crippen molar-refractivity contribution < 1.29 is 4.74 Å². The van der Waals surface area contributed by atoms with Gasteiger partial charge in [-0.1, -0.05) is 0 Å². The molecule has 2 heteroatoms. The van der Waals surface area contributed by atoms with Crippen LogP contribution in [0.25, 0.3) is 0 Å². The lowest BCUT2D eigenvalue weighted by atomic mass is 10.2. The highest BCUT2D eigenvalue weighted by Crippen LogP contribution is 2.12. The SMILES string of the molecule is CC1CCN(C)C(C)O1. The van der Waals surface area contributed by atoms with E-state index in [-0.39, 0.29) is 0 Å². The number of ether oxygens (including phenoxy) is 1. The van der Waals surface area contributed by atoms with Gasteiger partial charge in [0.1, 0.15) is 6.23 Å². The molecule has 1 heterocycles. The Morgan fingerprint density at radius 1 is 1.44 bits per heavy atom. The third-order valence-electron chi connectivity index (χ3n) is 1.94. The Kier molecular flexibility index (Phi) is 2.09. The Labute approximate surface area is 56.8 Å². The van der Waals surface area contributed by atoms with Crippen molar-refractivity contribution in [1.82, 2.24) is 4.90 Å². The molecule has 0 aliphatic carbocycles. The van der Waals surface area contributed by atoms with E-state index in [0.29, 0.717) is 12.3 Å². The van der Waals surface area contributed by atoms with Gasteiger partial charge < -0.3 is 4.74 Å². The third-order valence-corrected chi connectivity index (χ3v) is 1.94. The minimum atomic E-state index is 0.314. The summed E-state index contributed by atoms with van der Waals surface area (Å²) in [5, 5.41) is 0. The molecule has 0 radical (unpaired) electrons. The molecule has 9 heavy (non-hydrogen) atoms. The lowest BCUT2D eigenvalue weighted by Gasteiger charge is -2.33. The van der Waals surface area contributed by atoms with Gasteiger partial charge in [0.05, 0.1) is 6.10 Å². The van der Waals surface area contributed by atoms with Crippen LogP contribution in [0, 0.1) is 0 Å². The molecule has 2 unspecified atom stereocenters. The van der Waals surface area contributed by atoms with Crippen LogP contribution in [0.4, 0.5) is 0 Å². The van der Waals surface area contributed by atoms with Gasteiger partial charge in [-0.3, -0.25) is 4.90 Å². The summed E-state index contributed by atoms with van der Waals surface area (Å²) in [6, 6.07) is 0. The fourth-order valence-corrected chi connectivity index (χ4v) is 1.08. The van der Waals surface area contributed by atoms with E-state index >= 15 is 0 Å². The Bertz CT molecular complexity index is 94.9. The van der Waals surface area contributed by atoms with Gasteiger partial charge in [0.15, 0.2) is 0 Å². The maximum Gasteiger partial charge on any atom is 0.107 e. The Morgan fingerprint density at radius 3 is 2.56 bits per heavy atom. The van der Waals surface area contributed by atoms with Crippen molar-refractivity contribution in [3.8, 4) is 0 Å². The van der Waals surface area contributed by atoms with Gasteiger partial charge in [0.25, 0.3) is 0 Å². The van der Waals surface area contributed by atoms with Gasteiger partial charge >= 0.3 is 0 Å². The van der Waals surface area contributed by atoms with Crippen molar-refractivity contribution in [1.29, 1.82) is 0 Å². The molecule has 1 saturated heterocycles. The van der Waals surface area contributed by atoms with E-state index in [1.54, 1.807) is 0 Å². The summed E-state index contributed by atoms with van der Waals surface area (Å²) in [4.78, 5) is 2.22. The first-order valence-electron chi connectivity index (χ1n) is 3.56. The first kappa shape index (κ1) is 7.03. The molecule has 0 aromatic heterocycles. The van der Waals surface area contributed by atoms with E-state index in [1.165, 1.54) is 13.0 Å². The molecule has 0 saturated carbocycles. The fourth-order valence-electron chi connectivity index (χ4n) is 1.08. The molecular formula is C7H15NO. The molecule has 2 nitrogen and oxygen atoms in total. The monoisotopic (exact) mass is 129 g/mol. The third kappa shape index (κ3) is 1.66. The molecule has 0 aromatic rings. The van der Waals surface area contributed by atoms with Crippen LogP contribution in [0.2, 0.25) is 0 Å². The van der Waals surface area contributed by atoms with E-state index in [0.717, 1.165) is 0 Å². The summed E-state index contributed by atoms with van der Waals surface area (Å²) in [5.74, 6) is 0. The van der Waals surface area contributed by atoms with E-state index in [9.17, 15) is 0 Å². The smallest absolute Gasteiger partial charge is 0.107 e. The molecule has 0 N–H and O–H groups in total. The highest BCUT2D eigenvalue weighted by Gasteiger charge is 2.18. The molecule has 0 bridgehead atoms. The minimum absolute atomic E-state index is 0.314. The standard InChI is InChI=1S/C7H15NO/c1-6-4-5-8(3)7(2)9-6/h6-7H,4-5H2,1-3H3. The largest absolute Gasteiger partial charge is 0.360 e. The molecule has 1 aliphatic heterocycles. The van der Waals surface area contributed by atoms with Crippen LogP contribution in [0.1, 0.15) is 20.3 Å². The molecule has 1 aliphatic rings. The van der Waals surface area contributed by atoms with Gasteiger partial charge in [-0.05, 0) is 27.3 Å². The molecule has 1 fully saturated rings. The van der Waals surface area contributed by atoms with Crippen LogP contribution in [0.5, 0.6) is 0 Å². The van der Waals surface area contributed by atoms with Crippen molar-refractivity contribution >= 4 is 0 Å². The minimum Gasteiger partial charge on any atom is -0.360 e. The maximum absolute atomic E-state index is 5.52. The van der Waals surface area contributed by atoms with E-state index in [2.05, 4.69) is 25.8 Å². The second kappa shape index (κ2) is 2.67. The Morgan fingerprint density at radius 2 is 2.11 bits per heavy atom. The summed E-state index contributed by atoms with van der Waals surface area (Å²) in [5.41, 5.74) is 0. The zero-order valence-electron chi connectivity index (χ0n) is 6.42. The van der Waals surface area contributed by atoms with Crippen LogP contribution < -0.4 is 0 Å². The average Bonchev–Trinajstić information content (AvgIpc) is 1.80. The van der Waals surface area contributed by atoms with Crippen LogP contribution in [0.15, 0.2) is 0 Å². The van der Waals surface area contributed by atoms with Gasteiger partial charge in [-0.25, -0.2) is 0 Å². The number of hydrogen-bond donors (Lipinski definition) is 0. The van der Waals surface area contributed by atoms with Crippen molar-refractivity contribution in [3.63, 3.8) is 0 Å². The normalized spacial score (nSPS) is 39.0. The quantitative estimate of drug-likeness (QED) is 0.485. The van der Waals surface area contributed by atoms with Crippen molar-refractivity contribution in [2.24, 2.45) is 0 Å². The molecular weight excluding hydrogens is 114 g/mol. The predicted octanol–water partition coefficient (Wildman–Crippen LogP) is 1.07. The molecule has 0 aromatic carbocycles. The lowest BCUT2D eigenvalue weighted by Crippen LogP contribution is -2.41. The first-order valence-corrected chi connectivity index (χ1v) is 3.56. The number of rotatable bonds is 0. The summed E-state index contributed by atoms with van der Waals surface area (Å²) in [6.07, 6.45) is 1.94. The molecule has 2 atom stereocenters. The molecule has 1 rings (SSSR count). The highest BCUT2D eigenvalue weighted by molar-refractivity contribution is 4.64. The summed E-state index contributed by atoms with van der Waals surface area (Å²) in [6.45, 7) is 5.39. The lowest BCUT2D eigenvalue weighted by molar-refractivity contribution is -0.112. The van der Waals surface area contributed by atoms with E-state index in [4.69, 9.17) is 4.74 Å². The van der Waals surface area contributed by atoms with Crippen molar-refractivity contribution in [2.75, 3.05) is 13.6 Å². The van der Waals surface area contributed by atoms with Gasteiger partial charge in [-0.2, -0.15) is 0 Å². The Balaban J connectivity index is 2.35. The van der Waals surface area contributed by atoms with E-state index < -0.39 is 0 Å². The highest BCUT2D eigenvalue weighted by atomic mass is 16.5. The molecule has 54 valence electrons. The van der Waals surface area contributed by atoms with Crippen molar-refractivity contribution in [3.05, 3.63) is 0 Å². The van der Waals surface area contributed by atoms with Crippen LogP contribution in [-0.4, -0.2) is 30.8 Å². The summed E-state index contributed by atoms with van der Waals surface area (Å²) >= 11 is 0. The predicted molar refractivity (Wildman–Crippen MR) is 37.3 cm³/mol. The first-order chi connectivity index (χ1) is 4.20. The maximum atomic E-state index is 5.52. The zero-order valence-corrected chi connectivity index (χ0v) is 6.42.